The maximum Gasteiger partial charge on any atom is 0.321 e. The molecule has 0 atom stereocenters. The lowest BCUT2D eigenvalue weighted by molar-refractivity contribution is -0.117. The van der Waals surface area contributed by atoms with E-state index >= 15 is 0 Å². The number of piperidine rings is 1. The number of aliphatic hydroxyl groups is 1. The van der Waals surface area contributed by atoms with Crippen molar-refractivity contribution in [1.82, 2.24) is 9.88 Å². The van der Waals surface area contributed by atoms with Crippen LogP contribution in [0, 0.1) is 17.1 Å². The SMILES string of the molecule is N=C(Nc1ccc(F)c(Br)c1)C(=O)C1CCN(C(=O)Nc2ccc(OCCO)nc2)CC1. The number of carbonyl (C=O) groups is 2. The Kier molecular flexibility index (Phi) is 8.12. The zero-order chi connectivity index (χ0) is 23.1. The molecule has 9 nitrogen and oxygen atoms in total. The van der Waals surface area contributed by atoms with Gasteiger partial charge in [0.2, 0.25) is 11.7 Å². The first-order valence-electron chi connectivity index (χ1n) is 9.98. The molecule has 2 amide bonds. The quantitative estimate of drug-likeness (QED) is 0.336. The second-order valence-corrected chi connectivity index (χ2v) is 8.00. The molecule has 1 saturated heterocycles. The van der Waals surface area contributed by atoms with Crippen molar-refractivity contribution in [1.29, 1.82) is 5.41 Å². The van der Waals surface area contributed by atoms with E-state index in [9.17, 15) is 14.0 Å². The summed E-state index contributed by atoms with van der Waals surface area (Å²) in [4.78, 5) is 30.7. The van der Waals surface area contributed by atoms with Gasteiger partial charge in [-0.3, -0.25) is 10.2 Å². The van der Waals surface area contributed by atoms with E-state index in [0.717, 1.165) is 0 Å². The second kappa shape index (κ2) is 11.0. The number of amides is 2. The molecule has 0 bridgehead atoms. The van der Waals surface area contributed by atoms with Gasteiger partial charge in [0.15, 0.2) is 5.84 Å². The van der Waals surface area contributed by atoms with Crippen molar-refractivity contribution in [2.45, 2.75) is 12.8 Å². The van der Waals surface area contributed by atoms with E-state index in [0.29, 0.717) is 43.2 Å². The number of anilines is 2. The Balaban J connectivity index is 1.47. The van der Waals surface area contributed by atoms with Crippen LogP contribution >= 0.6 is 15.9 Å². The maximum atomic E-state index is 13.3. The van der Waals surface area contributed by atoms with E-state index in [-0.39, 0.29) is 41.3 Å². The van der Waals surface area contributed by atoms with Gasteiger partial charge in [0.25, 0.3) is 0 Å². The number of hydrogen-bond donors (Lipinski definition) is 4. The average Bonchev–Trinajstić information content (AvgIpc) is 2.80. The summed E-state index contributed by atoms with van der Waals surface area (Å²) >= 11 is 3.07. The van der Waals surface area contributed by atoms with Crippen LogP contribution in [-0.2, 0) is 4.79 Å². The highest BCUT2D eigenvalue weighted by atomic mass is 79.9. The number of nitrogens with zero attached hydrogens (tertiary/aromatic N) is 2. The van der Waals surface area contributed by atoms with Crippen molar-refractivity contribution < 1.29 is 23.8 Å². The first-order valence-corrected chi connectivity index (χ1v) is 10.8. The Morgan fingerprint density at radius 1 is 1.22 bits per heavy atom. The number of ether oxygens (including phenoxy) is 1. The number of rotatable bonds is 7. The molecule has 4 N–H and O–H groups in total. The molecule has 1 aromatic carbocycles. The van der Waals surface area contributed by atoms with Crippen LogP contribution < -0.4 is 15.4 Å². The number of hydrogen-bond acceptors (Lipinski definition) is 6. The number of pyridine rings is 1. The highest BCUT2D eigenvalue weighted by Gasteiger charge is 2.29. The number of aliphatic hydroxyl groups excluding tert-OH is 1. The van der Waals surface area contributed by atoms with Crippen LogP contribution in [0.2, 0.25) is 0 Å². The minimum atomic E-state index is -0.430. The Morgan fingerprint density at radius 3 is 2.56 bits per heavy atom. The molecule has 0 radical (unpaired) electrons. The molecule has 1 fully saturated rings. The van der Waals surface area contributed by atoms with Crippen molar-refractivity contribution >= 4 is 45.0 Å². The Labute approximate surface area is 192 Å². The van der Waals surface area contributed by atoms with E-state index in [2.05, 4.69) is 31.5 Å². The van der Waals surface area contributed by atoms with Crippen LogP contribution in [0.5, 0.6) is 5.88 Å². The molecule has 170 valence electrons. The third-order valence-electron chi connectivity index (χ3n) is 4.92. The van der Waals surface area contributed by atoms with E-state index in [1.54, 1.807) is 17.0 Å². The Hall–Kier alpha value is -3.05. The lowest BCUT2D eigenvalue weighted by atomic mass is 9.92. The average molecular weight is 508 g/mol. The minimum absolute atomic E-state index is 0.113. The Morgan fingerprint density at radius 2 is 1.94 bits per heavy atom. The molecule has 1 aromatic heterocycles. The fraction of sp³-hybridized carbons (Fsp3) is 0.333. The van der Waals surface area contributed by atoms with Crippen molar-refractivity contribution in [3.63, 3.8) is 0 Å². The number of urea groups is 1. The van der Waals surface area contributed by atoms with E-state index < -0.39 is 5.82 Å². The summed E-state index contributed by atoms with van der Waals surface area (Å²) in [7, 11) is 0. The van der Waals surface area contributed by atoms with Crippen LogP contribution in [0.1, 0.15) is 12.8 Å². The number of likely N-dealkylation sites (tertiary alicyclic amines) is 1. The summed E-state index contributed by atoms with van der Waals surface area (Å²) in [5.74, 6) is -1.05. The van der Waals surface area contributed by atoms with Crippen molar-refractivity contribution in [2.75, 3.05) is 36.9 Å². The van der Waals surface area contributed by atoms with E-state index in [1.807, 2.05) is 0 Å². The first kappa shape index (κ1) is 23.6. The summed E-state index contributed by atoms with van der Waals surface area (Å²) in [6.07, 6.45) is 2.34. The fourth-order valence-electron chi connectivity index (χ4n) is 3.22. The number of aromatic nitrogens is 1. The lowest BCUT2D eigenvalue weighted by Gasteiger charge is -2.31. The number of carbonyl (C=O) groups excluding carboxylic acids is 2. The molecule has 32 heavy (non-hydrogen) atoms. The number of benzene rings is 1. The standard InChI is InChI=1S/C21H23BrFN5O4/c22-16-11-14(1-3-17(16)23)26-20(24)19(30)13-5-7-28(8-6-13)21(31)27-15-2-4-18(25-12-15)32-10-9-29/h1-4,11-13,29H,5-10H2,(H2,24,26)(H,27,31). The summed E-state index contributed by atoms with van der Waals surface area (Å²) in [6.45, 7) is 0.782. The molecule has 2 aromatic rings. The molecule has 0 aliphatic carbocycles. The molecular formula is C21H23BrFN5O4. The van der Waals surface area contributed by atoms with Gasteiger partial charge in [0, 0.05) is 30.8 Å². The highest BCUT2D eigenvalue weighted by Crippen LogP contribution is 2.23. The predicted molar refractivity (Wildman–Crippen MR) is 121 cm³/mol. The smallest absolute Gasteiger partial charge is 0.321 e. The number of amidine groups is 1. The summed E-state index contributed by atoms with van der Waals surface area (Å²) < 4.78 is 18.8. The minimum Gasteiger partial charge on any atom is -0.475 e. The first-order chi connectivity index (χ1) is 15.4. The molecule has 1 aliphatic heterocycles. The number of halogens is 2. The molecule has 3 rings (SSSR count). The number of Topliss-reactive ketones (excluding diaryl/α,β-unsaturated/α-hetero) is 1. The van der Waals surface area contributed by atoms with Crippen LogP contribution in [0.15, 0.2) is 41.0 Å². The summed E-state index contributed by atoms with van der Waals surface area (Å²) in [5.41, 5.74) is 0.941. The van der Waals surface area contributed by atoms with Crippen molar-refractivity contribution in [3.05, 3.63) is 46.8 Å². The highest BCUT2D eigenvalue weighted by molar-refractivity contribution is 9.10. The lowest BCUT2D eigenvalue weighted by Crippen LogP contribution is -2.44. The zero-order valence-corrected chi connectivity index (χ0v) is 18.7. The van der Waals surface area contributed by atoms with Gasteiger partial charge in [-0.1, -0.05) is 0 Å². The monoisotopic (exact) mass is 507 g/mol. The third-order valence-corrected chi connectivity index (χ3v) is 5.52. The van der Waals surface area contributed by atoms with Gasteiger partial charge in [-0.05, 0) is 53.0 Å². The Bertz CT molecular complexity index is 981. The molecule has 0 spiro atoms. The van der Waals surface area contributed by atoms with Crippen molar-refractivity contribution in [3.8, 4) is 5.88 Å². The summed E-state index contributed by atoms with van der Waals surface area (Å²) in [5, 5.41) is 22.2. The molecule has 0 saturated carbocycles. The van der Waals surface area contributed by atoms with Gasteiger partial charge < -0.3 is 25.4 Å². The van der Waals surface area contributed by atoms with Gasteiger partial charge in [-0.15, -0.1) is 0 Å². The fourth-order valence-corrected chi connectivity index (χ4v) is 3.60. The summed E-state index contributed by atoms with van der Waals surface area (Å²) in [6, 6.07) is 7.10. The number of ketones is 1. The van der Waals surface area contributed by atoms with Crippen LogP contribution in [0.25, 0.3) is 0 Å². The van der Waals surface area contributed by atoms with Crippen LogP contribution in [-0.4, -0.2) is 58.9 Å². The van der Waals surface area contributed by atoms with Gasteiger partial charge in [-0.2, -0.15) is 0 Å². The van der Waals surface area contributed by atoms with Gasteiger partial charge in [-0.25, -0.2) is 14.2 Å². The van der Waals surface area contributed by atoms with E-state index in [4.69, 9.17) is 15.3 Å². The van der Waals surface area contributed by atoms with Crippen LogP contribution in [0.3, 0.4) is 0 Å². The molecule has 1 aliphatic rings. The maximum absolute atomic E-state index is 13.3. The third kappa shape index (κ3) is 6.24. The molecule has 0 unspecified atom stereocenters. The predicted octanol–water partition coefficient (Wildman–Crippen LogP) is 3.26. The van der Waals surface area contributed by atoms with Gasteiger partial charge in [0.1, 0.15) is 12.4 Å². The van der Waals surface area contributed by atoms with Crippen LogP contribution in [0.4, 0.5) is 20.6 Å². The zero-order valence-electron chi connectivity index (χ0n) is 17.1. The normalized spacial score (nSPS) is 14.0. The van der Waals surface area contributed by atoms with Gasteiger partial charge in [0.05, 0.1) is 23.0 Å². The topological polar surface area (TPSA) is 128 Å². The molecular weight excluding hydrogens is 485 g/mol. The largest absolute Gasteiger partial charge is 0.475 e. The molecule has 11 heteroatoms. The van der Waals surface area contributed by atoms with Gasteiger partial charge >= 0.3 is 6.03 Å². The second-order valence-electron chi connectivity index (χ2n) is 7.14. The molecule has 2 heterocycles. The van der Waals surface area contributed by atoms with E-state index in [1.165, 1.54) is 24.4 Å². The number of nitrogens with one attached hydrogen (secondary N) is 3. The van der Waals surface area contributed by atoms with Crippen molar-refractivity contribution in [2.24, 2.45) is 5.92 Å².